The van der Waals surface area contributed by atoms with Crippen molar-refractivity contribution in [3.8, 4) is 0 Å². The topological polar surface area (TPSA) is 26.0 Å². The number of anilines is 1. The van der Waals surface area contributed by atoms with E-state index in [9.17, 15) is 0 Å². The third kappa shape index (κ3) is 3.27. The molecule has 0 unspecified atom stereocenters. The first-order valence-electron chi connectivity index (χ1n) is 4.94. The molecule has 0 saturated carbocycles. The van der Waals surface area contributed by atoms with E-state index < -0.39 is 0 Å². The molecule has 1 nitrogen and oxygen atoms in total. The summed E-state index contributed by atoms with van der Waals surface area (Å²) in [5.74, 6) is 1.07. The van der Waals surface area contributed by atoms with E-state index in [0.29, 0.717) is 0 Å². The average molecular weight is 314 g/mol. The molecule has 84 valence electrons. The lowest BCUT2D eigenvalue weighted by Gasteiger charge is -2.05. The molecule has 0 aliphatic carbocycles. The molecule has 0 fully saturated rings. The third-order valence-electron chi connectivity index (χ3n) is 2.20. The van der Waals surface area contributed by atoms with E-state index in [-0.39, 0.29) is 0 Å². The zero-order chi connectivity index (χ0) is 11.4. The van der Waals surface area contributed by atoms with E-state index in [1.807, 2.05) is 23.9 Å². The van der Waals surface area contributed by atoms with Crippen LogP contribution in [0.1, 0.15) is 5.56 Å². The van der Waals surface area contributed by atoms with Gasteiger partial charge >= 0.3 is 0 Å². The highest BCUT2D eigenvalue weighted by Crippen LogP contribution is 2.28. The van der Waals surface area contributed by atoms with Crippen molar-refractivity contribution in [1.29, 1.82) is 0 Å². The zero-order valence-electron chi connectivity index (χ0n) is 8.65. The molecule has 1 heterocycles. The van der Waals surface area contributed by atoms with Gasteiger partial charge in [-0.2, -0.15) is 11.3 Å². The molecular weight excluding hydrogens is 302 g/mol. The number of hydrogen-bond donors (Lipinski definition) is 1. The number of benzene rings is 1. The number of nitrogen functional groups attached to an aromatic ring is 1. The summed E-state index contributed by atoms with van der Waals surface area (Å²) >= 11 is 6.97. The Kier molecular flexibility index (Phi) is 4.32. The SMILES string of the molecule is Nc1cc(Br)ccc1SCCc1ccsc1. The standard InChI is InChI=1S/C12H12BrNS2/c13-10-1-2-12(11(14)7-10)16-6-4-9-3-5-15-8-9/h1-3,5,7-8H,4,6,14H2. The van der Waals surface area contributed by atoms with Crippen molar-refractivity contribution in [2.24, 2.45) is 0 Å². The van der Waals surface area contributed by atoms with Crippen LogP contribution in [0.15, 0.2) is 44.4 Å². The van der Waals surface area contributed by atoms with Gasteiger partial charge in [-0.1, -0.05) is 15.9 Å². The summed E-state index contributed by atoms with van der Waals surface area (Å²) in [6.45, 7) is 0. The summed E-state index contributed by atoms with van der Waals surface area (Å²) in [6, 6.07) is 8.23. The van der Waals surface area contributed by atoms with Crippen molar-refractivity contribution in [2.45, 2.75) is 11.3 Å². The smallest absolute Gasteiger partial charge is 0.0463 e. The van der Waals surface area contributed by atoms with Gasteiger partial charge in [0.1, 0.15) is 0 Å². The molecule has 0 aliphatic rings. The van der Waals surface area contributed by atoms with Gasteiger partial charge in [-0.25, -0.2) is 0 Å². The first-order valence-corrected chi connectivity index (χ1v) is 7.67. The largest absolute Gasteiger partial charge is 0.398 e. The van der Waals surface area contributed by atoms with E-state index in [2.05, 4.69) is 38.8 Å². The summed E-state index contributed by atoms with van der Waals surface area (Å²) in [6.07, 6.45) is 1.10. The van der Waals surface area contributed by atoms with Crippen LogP contribution in [0.4, 0.5) is 5.69 Å². The second kappa shape index (κ2) is 5.75. The predicted octanol–water partition coefficient (Wildman–Crippen LogP) is 4.43. The van der Waals surface area contributed by atoms with Gasteiger partial charge in [0, 0.05) is 20.8 Å². The van der Waals surface area contributed by atoms with Gasteiger partial charge in [-0.15, -0.1) is 11.8 Å². The molecular formula is C12H12BrNS2. The minimum absolute atomic E-state index is 0.852. The normalized spacial score (nSPS) is 10.6. The number of hydrogen-bond acceptors (Lipinski definition) is 3. The molecule has 1 aromatic heterocycles. The average Bonchev–Trinajstić information content (AvgIpc) is 2.74. The van der Waals surface area contributed by atoms with Crippen molar-refractivity contribution in [1.82, 2.24) is 0 Å². The van der Waals surface area contributed by atoms with E-state index in [1.54, 1.807) is 11.3 Å². The molecule has 2 rings (SSSR count). The van der Waals surface area contributed by atoms with Gasteiger partial charge in [-0.05, 0) is 47.0 Å². The van der Waals surface area contributed by atoms with E-state index >= 15 is 0 Å². The van der Waals surface area contributed by atoms with E-state index in [0.717, 1.165) is 22.3 Å². The lowest BCUT2D eigenvalue weighted by molar-refractivity contribution is 1.17. The minimum Gasteiger partial charge on any atom is -0.398 e. The van der Waals surface area contributed by atoms with Crippen LogP contribution in [0.2, 0.25) is 0 Å². The molecule has 0 atom stereocenters. The Morgan fingerprint density at radius 1 is 1.31 bits per heavy atom. The van der Waals surface area contributed by atoms with E-state index in [4.69, 9.17) is 5.73 Å². The molecule has 16 heavy (non-hydrogen) atoms. The molecule has 0 amide bonds. The second-order valence-electron chi connectivity index (χ2n) is 3.41. The maximum Gasteiger partial charge on any atom is 0.0463 e. The van der Waals surface area contributed by atoms with Crippen LogP contribution in [0.3, 0.4) is 0 Å². The van der Waals surface area contributed by atoms with Gasteiger partial charge in [-0.3, -0.25) is 0 Å². The number of nitrogens with two attached hydrogens (primary N) is 1. The van der Waals surface area contributed by atoms with Crippen LogP contribution >= 0.6 is 39.0 Å². The molecule has 1 aromatic carbocycles. The Labute approximate surface area is 112 Å². The van der Waals surface area contributed by atoms with Gasteiger partial charge in [0.15, 0.2) is 0 Å². The summed E-state index contributed by atoms with van der Waals surface area (Å²) in [4.78, 5) is 1.17. The first-order chi connectivity index (χ1) is 7.75. The molecule has 2 aromatic rings. The summed E-state index contributed by atoms with van der Waals surface area (Å²) in [7, 11) is 0. The van der Waals surface area contributed by atoms with Gasteiger partial charge in [0.25, 0.3) is 0 Å². The van der Waals surface area contributed by atoms with Crippen LogP contribution in [0, 0.1) is 0 Å². The molecule has 0 spiro atoms. The number of halogens is 1. The molecule has 4 heteroatoms. The van der Waals surface area contributed by atoms with Crippen LogP contribution in [0.25, 0.3) is 0 Å². The highest BCUT2D eigenvalue weighted by Gasteiger charge is 2.01. The lowest BCUT2D eigenvalue weighted by Crippen LogP contribution is -1.91. The van der Waals surface area contributed by atoms with Gasteiger partial charge in [0.05, 0.1) is 0 Å². The minimum atomic E-state index is 0.852. The van der Waals surface area contributed by atoms with Crippen LogP contribution in [-0.4, -0.2) is 5.75 Å². The van der Waals surface area contributed by atoms with Crippen LogP contribution < -0.4 is 5.73 Å². The molecule has 0 radical (unpaired) electrons. The van der Waals surface area contributed by atoms with Crippen LogP contribution in [-0.2, 0) is 6.42 Å². The van der Waals surface area contributed by atoms with E-state index in [1.165, 1.54) is 10.5 Å². The zero-order valence-corrected chi connectivity index (χ0v) is 11.9. The molecule has 0 aliphatic heterocycles. The van der Waals surface area contributed by atoms with Crippen molar-refractivity contribution in [3.05, 3.63) is 45.1 Å². The highest BCUT2D eigenvalue weighted by atomic mass is 79.9. The third-order valence-corrected chi connectivity index (χ3v) is 4.52. The predicted molar refractivity (Wildman–Crippen MR) is 77.3 cm³/mol. The maximum absolute atomic E-state index is 5.93. The Balaban J connectivity index is 1.90. The Bertz CT molecular complexity index is 454. The van der Waals surface area contributed by atoms with Gasteiger partial charge in [0.2, 0.25) is 0 Å². The lowest BCUT2D eigenvalue weighted by atomic mass is 10.3. The van der Waals surface area contributed by atoms with Crippen molar-refractivity contribution in [2.75, 3.05) is 11.5 Å². The van der Waals surface area contributed by atoms with Crippen molar-refractivity contribution < 1.29 is 0 Å². The number of thioether (sulfide) groups is 1. The monoisotopic (exact) mass is 313 g/mol. The maximum atomic E-state index is 5.93. The Morgan fingerprint density at radius 3 is 2.88 bits per heavy atom. The number of rotatable bonds is 4. The fraction of sp³-hybridized carbons (Fsp3) is 0.167. The van der Waals surface area contributed by atoms with Crippen LogP contribution in [0.5, 0.6) is 0 Å². The molecule has 0 bridgehead atoms. The van der Waals surface area contributed by atoms with Gasteiger partial charge < -0.3 is 5.73 Å². The second-order valence-corrected chi connectivity index (χ2v) is 6.24. The Morgan fingerprint density at radius 2 is 2.19 bits per heavy atom. The Hall–Kier alpha value is -0.450. The van der Waals surface area contributed by atoms with Crippen molar-refractivity contribution >= 4 is 44.7 Å². The molecule has 0 saturated heterocycles. The summed E-state index contributed by atoms with van der Waals surface area (Å²) < 4.78 is 1.03. The summed E-state index contributed by atoms with van der Waals surface area (Å²) in [5.41, 5.74) is 8.19. The fourth-order valence-corrected chi connectivity index (χ4v) is 3.39. The molecule has 2 N–H and O–H groups in total. The first kappa shape index (κ1) is 12.0. The van der Waals surface area contributed by atoms with Crippen molar-refractivity contribution in [3.63, 3.8) is 0 Å². The fourth-order valence-electron chi connectivity index (χ4n) is 1.36. The quantitative estimate of drug-likeness (QED) is 0.667. The summed E-state index contributed by atoms with van der Waals surface area (Å²) in [5, 5.41) is 4.32. The number of aryl methyl sites for hydroxylation is 1. The highest BCUT2D eigenvalue weighted by molar-refractivity contribution is 9.10. The number of thiophene rings is 1.